The molecule has 1 fully saturated rings. The Balaban J connectivity index is 1.50. The lowest BCUT2D eigenvalue weighted by Crippen LogP contribution is -2.38. The third kappa shape index (κ3) is 5.44. The summed E-state index contributed by atoms with van der Waals surface area (Å²) in [7, 11) is -1.53. The number of aromatic nitrogens is 1. The summed E-state index contributed by atoms with van der Waals surface area (Å²) in [6.07, 6.45) is -1.66. The van der Waals surface area contributed by atoms with Crippen LogP contribution in [-0.2, 0) is 16.2 Å². The van der Waals surface area contributed by atoms with E-state index in [-0.39, 0.29) is 35.2 Å². The smallest absolute Gasteiger partial charge is 0.419 e. The van der Waals surface area contributed by atoms with Crippen molar-refractivity contribution in [3.8, 4) is 23.1 Å². The summed E-state index contributed by atoms with van der Waals surface area (Å²) >= 11 is 0. The molecule has 13 heteroatoms. The molecule has 1 aromatic carbocycles. The lowest BCUT2D eigenvalue weighted by Gasteiger charge is -2.30. The van der Waals surface area contributed by atoms with Gasteiger partial charge in [-0.3, -0.25) is 10.4 Å². The summed E-state index contributed by atoms with van der Waals surface area (Å²) in [6, 6.07) is 7.29. The fraction of sp³-hybridized carbons (Fsp3) is 0.455. The first-order valence-corrected chi connectivity index (χ1v) is 12.8. The lowest BCUT2D eigenvalue weighted by atomic mass is 9.95. The van der Waals surface area contributed by atoms with Gasteiger partial charge >= 0.3 is 6.18 Å². The highest BCUT2D eigenvalue weighted by atomic mass is 32.2. The third-order valence-electron chi connectivity index (χ3n) is 6.22. The zero-order valence-corrected chi connectivity index (χ0v) is 20.0. The molecule has 3 heterocycles. The molecule has 2 N–H and O–H groups in total. The van der Waals surface area contributed by atoms with E-state index < -0.39 is 21.8 Å². The van der Waals surface area contributed by atoms with E-state index >= 15 is 0 Å². The van der Waals surface area contributed by atoms with E-state index in [9.17, 15) is 26.9 Å². The standard InChI is InChI=1S/C22H25F3N6O3S/c1-30-19-12-17(27-18(13-26)21(19)28-29-30)15-3-4-20(16(11-15)22(23,24)25)34-10-7-14-5-8-31(9-6-14)35(2,32)33/h3-4,11-12,14,28-29H,5-10H2,1-2H3. The van der Waals surface area contributed by atoms with E-state index in [0.29, 0.717) is 43.7 Å². The summed E-state index contributed by atoms with van der Waals surface area (Å²) in [6.45, 7) is 0.902. The van der Waals surface area contributed by atoms with Gasteiger partial charge in [-0.15, -0.1) is 5.53 Å². The average Bonchev–Trinajstić information content (AvgIpc) is 3.18. The molecule has 0 bridgehead atoms. The number of ether oxygens (including phenoxy) is 1. The molecule has 0 amide bonds. The van der Waals surface area contributed by atoms with Crippen molar-refractivity contribution in [2.45, 2.75) is 25.4 Å². The predicted octanol–water partition coefficient (Wildman–Crippen LogP) is 3.36. The monoisotopic (exact) mass is 510 g/mol. The molecule has 188 valence electrons. The Labute approximate surface area is 201 Å². The van der Waals surface area contributed by atoms with Crippen molar-refractivity contribution in [3.05, 3.63) is 35.5 Å². The van der Waals surface area contributed by atoms with Crippen molar-refractivity contribution in [1.29, 1.82) is 5.26 Å². The number of fused-ring (bicyclic) bond motifs is 1. The lowest BCUT2D eigenvalue weighted by molar-refractivity contribution is -0.138. The van der Waals surface area contributed by atoms with Gasteiger partial charge < -0.3 is 4.74 Å². The molecular weight excluding hydrogens is 485 g/mol. The van der Waals surface area contributed by atoms with Crippen molar-refractivity contribution in [1.82, 2.24) is 14.8 Å². The van der Waals surface area contributed by atoms with Crippen LogP contribution in [0.5, 0.6) is 5.75 Å². The molecule has 2 aromatic rings. The molecule has 0 atom stereocenters. The summed E-state index contributed by atoms with van der Waals surface area (Å²) in [5, 5.41) is 11.0. The van der Waals surface area contributed by atoms with Gasteiger partial charge in [0.05, 0.1) is 29.8 Å². The number of benzene rings is 1. The van der Waals surface area contributed by atoms with Crippen molar-refractivity contribution in [2.75, 3.05) is 43.4 Å². The molecule has 0 aliphatic carbocycles. The second-order valence-corrected chi connectivity index (χ2v) is 10.6. The molecule has 0 saturated carbocycles. The van der Waals surface area contributed by atoms with Gasteiger partial charge in [-0.05, 0) is 49.4 Å². The van der Waals surface area contributed by atoms with Crippen LogP contribution in [0.15, 0.2) is 24.3 Å². The molecule has 2 aliphatic rings. The van der Waals surface area contributed by atoms with E-state index in [1.807, 2.05) is 6.07 Å². The molecular formula is C22H25F3N6O3S. The maximum atomic E-state index is 13.9. The molecule has 1 saturated heterocycles. The SMILES string of the molecule is CN1NNc2c1cc(-c1ccc(OCCC3CCN(S(C)(=O)=O)CC3)c(C(F)(F)F)c1)nc2C#N. The predicted molar refractivity (Wildman–Crippen MR) is 124 cm³/mol. The van der Waals surface area contributed by atoms with Crippen molar-refractivity contribution >= 4 is 21.4 Å². The largest absolute Gasteiger partial charge is 0.493 e. The Morgan fingerprint density at radius 3 is 2.60 bits per heavy atom. The molecule has 2 aliphatic heterocycles. The van der Waals surface area contributed by atoms with Crippen molar-refractivity contribution < 1.29 is 26.3 Å². The van der Waals surface area contributed by atoms with Crippen LogP contribution < -0.4 is 20.7 Å². The molecule has 35 heavy (non-hydrogen) atoms. The number of piperidine rings is 1. The Hall–Kier alpha value is -3.08. The first-order chi connectivity index (χ1) is 16.5. The summed E-state index contributed by atoms with van der Waals surface area (Å²) < 4.78 is 71.8. The molecule has 1 aromatic heterocycles. The van der Waals surface area contributed by atoms with Gasteiger partial charge in [-0.1, -0.05) is 0 Å². The number of rotatable bonds is 6. The minimum atomic E-state index is -4.65. The molecule has 0 spiro atoms. The van der Waals surface area contributed by atoms with Gasteiger partial charge in [0.25, 0.3) is 0 Å². The fourth-order valence-corrected chi connectivity index (χ4v) is 5.12. The summed E-state index contributed by atoms with van der Waals surface area (Å²) in [4.78, 5) is 4.22. The van der Waals surface area contributed by atoms with Gasteiger partial charge in [0.1, 0.15) is 17.5 Å². The maximum absolute atomic E-state index is 13.9. The zero-order valence-electron chi connectivity index (χ0n) is 19.2. The number of sulfonamides is 1. The highest BCUT2D eigenvalue weighted by Gasteiger charge is 2.35. The van der Waals surface area contributed by atoms with Crippen molar-refractivity contribution in [2.24, 2.45) is 5.92 Å². The van der Waals surface area contributed by atoms with Crippen LogP contribution in [0.4, 0.5) is 24.5 Å². The number of alkyl halides is 3. The quantitative estimate of drug-likeness (QED) is 0.609. The number of hydrogen-bond acceptors (Lipinski definition) is 8. The second-order valence-electron chi connectivity index (χ2n) is 8.61. The number of halogens is 3. The van der Waals surface area contributed by atoms with Crippen LogP contribution in [0.25, 0.3) is 11.3 Å². The van der Waals surface area contributed by atoms with E-state index in [0.717, 1.165) is 6.07 Å². The molecule has 0 radical (unpaired) electrons. The zero-order chi connectivity index (χ0) is 25.4. The van der Waals surface area contributed by atoms with E-state index in [1.54, 1.807) is 18.1 Å². The highest BCUT2D eigenvalue weighted by molar-refractivity contribution is 7.88. The first-order valence-electron chi connectivity index (χ1n) is 11.0. The number of nitriles is 1. The van der Waals surface area contributed by atoms with Crippen molar-refractivity contribution in [3.63, 3.8) is 0 Å². The normalized spacial score (nSPS) is 17.1. The Kier molecular flexibility index (Phi) is 6.81. The van der Waals surface area contributed by atoms with Crippen LogP contribution in [0, 0.1) is 17.2 Å². The number of anilines is 2. The van der Waals surface area contributed by atoms with Crippen LogP contribution in [-0.4, -0.2) is 50.7 Å². The van der Waals surface area contributed by atoms with Crippen LogP contribution in [0.3, 0.4) is 0 Å². The first kappa shape index (κ1) is 25.0. The van der Waals surface area contributed by atoms with E-state index in [4.69, 9.17) is 4.74 Å². The number of pyridine rings is 1. The number of hydrazine groups is 2. The van der Waals surface area contributed by atoms with Gasteiger partial charge in [0.15, 0.2) is 5.69 Å². The number of hydrogen-bond donors (Lipinski definition) is 2. The van der Waals surface area contributed by atoms with E-state index in [1.165, 1.54) is 22.7 Å². The van der Waals surface area contributed by atoms with Crippen LogP contribution in [0.2, 0.25) is 0 Å². The summed E-state index contributed by atoms with van der Waals surface area (Å²) in [5.74, 6) is -0.0993. The average molecular weight is 511 g/mol. The van der Waals surface area contributed by atoms with Gasteiger partial charge in [0.2, 0.25) is 10.0 Å². The Morgan fingerprint density at radius 2 is 1.97 bits per heavy atom. The van der Waals surface area contributed by atoms with E-state index in [2.05, 4.69) is 15.9 Å². The molecule has 0 unspecified atom stereocenters. The van der Waals surface area contributed by atoms with Crippen LogP contribution in [0.1, 0.15) is 30.5 Å². The van der Waals surface area contributed by atoms with Crippen LogP contribution >= 0.6 is 0 Å². The van der Waals surface area contributed by atoms with Gasteiger partial charge in [-0.2, -0.15) is 18.4 Å². The van der Waals surface area contributed by atoms with Gasteiger partial charge in [0, 0.05) is 25.7 Å². The number of nitrogens with one attached hydrogen (secondary N) is 2. The summed E-state index contributed by atoms with van der Waals surface area (Å²) in [5.41, 5.74) is 6.23. The number of nitrogens with zero attached hydrogens (tertiary/aromatic N) is 4. The third-order valence-corrected chi connectivity index (χ3v) is 7.52. The maximum Gasteiger partial charge on any atom is 0.419 e. The topological polar surface area (TPSA) is 111 Å². The second kappa shape index (κ2) is 9.52. The molecule has 9 nitrogen and oxygen atoms in total. The highest BCUT2D eigenvalue weighted by Crippen LogP contribution is 2.40. The van der Waals surface area contributed by atoms with Gasteiger partial charge in [-0.25, -0.2) is 17.7 Å². The Bertz CT molecular complexity index is 1250. The fourth-order valence-electron chi connectivity index (χ4n) is 4.25. The molecule has 4 rings (SSSR count). The Morgan fingerprint density at radius 1 is 1.26 bits per heavy atom. The minimum absolute atomic E-state index is 0.0603. The minimum Gasteiger partial charge on any atom is -0.493 e.